The molecule has 0 amide bonds. The molecule has 0 aliphatic heterocycles. The zero-order valence-electron chi connectivity index (χ0n) is 18.6. The van der Waals surface area contributed by atoms with Crippen molar-refractivity contribution in [3.63, 3.8) is 0 Å². The first kappa shape index (κ1) is 20.0. The van der Waals surface area contributed by atoms with Crippen molar-refractivity contribution in [3.8, 4) is 11.1 Å². The summed E-state index contributed by atoms with van der Waals surface area (Å²) in [7, 11) is 3.77. The minimum atomic E-state index is -0.217. The fourth-order valence-corrected chi connectivity index (χ4v) is 4.74. The summed E-state index contributed by atoms with van der Waals surface area (Å²) in [6.45, 7) is 3.83. The molecule has 3 heterocycles. The number of hydrogen-bond donors (Lipinski definition) is 0. The van der Waals surface area contributed by atoms with Crippen molar-refractivity contribution in [1.29, 1.82) is 0 Å². The molecule has 32 heavy (non-hydrogen) atoms. The largest absolute Gasteiger partial charge is 0.347 e. The molecular weight excluding hydrogens is 400 g/mol. The lowest BCUT2D eigenvalue weighted by atomic mass is 10.0. The van der Waals surface area contributed by atoms with Crippen LogP contribution in [0.3, 0.4) is 0 Å². The quantitative estimate of drug-likeness (QED) is 0.402. The van der Waals surface area contributed by atoms with Crippen LogP contribution in [0.5, 0.6) is 0 Å². The predicted octanol–water partition coefficient (Wildman–Crippen LogP) is 4.39. The van der Waals surface area contributed by atoms with Gasteiger partial charge in [0, 0.05) is 47.7 Å². The number of nitrogens with zero attached hydrogens (tertiary/aromatic N) is 4. The zero-order chi connectivity index (χ0) is 22.6. The van der Waals surface area contributed by atoms with E-state index in [1.54, 1.807) is 15.3 Å². The van der Waals surface area contributed by atoms with Crippen molar-refractivity contribution in [1.82, 2.24) is 18.9 Å². The highest BCUT2D eigenvalue weighted by atomic mass is 16.1. The molecule has 6 nitrogen and oxygen atoms in total. The number of carbonyl (C=O) groups is 1. The van der Waals surface area contributed by atoms with Gasteiger partial charge in [0.15, 0.2) is 5.78 Å². The minimum Gasteiger partial charge on any atom is -0.347 e. The van der Waals surface area contributed by atoms with Crippen LogP contribution in [0, 0.1) is 13.8 Å². The van der Waals surface area contributed by atoms with Gasteiger partial charge in [-0.15, -0.1) is 0 Å². The molecule has 0 atom stereocenters. The molecule has 3 aromatic heterocycles. The number of aryl methyl sites for hydroxylation is 3. The zero-order valence-corrected chi connectivity index (χ0v) is 18.6. The van der Waals surface area contributed by atoms with Gasteiger partial charge in [0.2, 0.25) is 0 Å². The molecule has 0 saturated carbocycles. The summed E-state index contributed by atoms with van der Waals surface area (Å²) in [6.07, 6.45) is 0. The lowest BCUT2D eigenvalue weighted by Gasteiger charge is -2.12. The number of aromatic nitrogens is 4. The lowest BCUT2D eigenvalue weighted by molar-refractivity contribution is 0.0973. The van der Waals surface area contributed by atoms with Gasteiger partial charge >= 0.3 is 0 Å². The second kappa shape index (κ2) is 7.34. The van der Waals surface area contributed by atoms with Crippen LogP contribution in [0.15, 0.2) is 65.5 Å². The molecular formula is C26H24N4O2. The van der Waals surface area contributed by atoms with Crippen LogP contribution < -0.4 is 5.56 Å². The topological polar surface area (TPSA) is 61.8 Å². The third-order valence-corrected chi connectivity index (χ3v) is 6.32. The summed E-state index contributed by atoms with van der Waals surface area (Å²) in [4.78, 5) is 26.8. The smallest absolute Gasteiger partial charge is 0.253 e. The van der Waals surface area contributed by atoms with E-state index in [2.05, 4.69) is 5.10 Å². The Morgan fingerprint density at radius 2 is 1.66 bits per heavy atom. The predicted molar refractivity (Wildman–Crippen MR) is 127 cm³/mol. The Morgan fingerprint density at radius 3 is 2.41 bits per heavy atom. The van der Waals surface area contributed by atoms with Gasteiger partial charge in [0.1, 0.15) is 5.65 Å². The number of benzene rings is 2. The van der Waals surface area contributed by atoms with Crippen LogP contribution in [-0.2, 0) is 20.6 Å². The average Bonchev–Trinajstić information content (AvgIpc) is 3.23. The van der Waals surface area contributed by atoms with Crippen molar-refractivity contribution >= 4 is 27.7 Å². The molecule has 0 saturated heterocycles. The van der Waals surface area contributed by atoms with E-state index in [-0.39, 0.29) is 17.9 Å². The Labute approximate surface area is 185 Å². The van der Waals surface area contributed by atoms with Crippen molar-refractivity contribution in [3.05, 3.63) is 88.0 Å². The number of para-hydroxylation sites is 1. The normalized spacial score (nSPS) is 11.5. The molecule has 5 aromatic rings. The Kier molecular flexibility index (Phi) is 4.59. The molecule has 0 bridgehead atoms. The van der Waals surface area contributed by atoms with Gasteiger partial charge in [-0.2, -0.15) is 5.10 Å². The van der Waals surface area contributed by atoms with E-state index >= 15 is 0 Å². The van der Waals surface area contributed by atoms with E-state index in [9.17, 15) is 9.59 Å². The van der Waals surface area contributed by atoms with Crippen molar-refractivity contribution in [2.75, 3.05) is 0 Å². The fraction of sp³-hybridized carbons (Fsp3) is 0.192. The summed E-state index contributed by atoms with van der Waals surface area (Å²) in [5.41, 5.74) is 5.60. The standard InChI is InChI=1S/C26H24N4O2/c1-16-24-20(18-10-6-5-7-11-18)14-23(32)30(26(24)29(4)27-16)15-22(31)25-17(2)28(3)21-13-9-8-12-19(21)25/h5-14H,15H2,1-4H3. The van der Waals surface area contributed by atoms with E-state index < -0.39 is 0 Å². The number of Topliss-reactive ketones (excluding diaryl/α,β-unsaturated/α-hetero) is 1. The van der Waals surface area contributed by atoms with Crippen molar-refractivity contribution < 1.29 is 4.79 Å². The average molecular weight is 425 g/mol. The maximum atomic E-state index is 13.5. The number of ketones is 1. The number of pyridine rings is 1. The second-order valence-electron chi connectivity index (χ2n) is 8.22. The molecule has 0 unspecified atom stereocenters. The first-order valence-electron chi connectivity index (χ1n) is 10.6. The van der Waals surface area contributed by atoms with Gasteiger partial charge in [-0.05, 0) is 31.0 Å². The Balaban J connectivity index is 1.70. The van der Waals surface area contributed by atoms with E-state index in [0.29, 0.717) is 11.2 Å². The molecule has 160 valence electrons. The van der Waals surface area contributed by atoms with Crippen molar-refractivity contribution in [2.24, 2.45) is 14.1 Å². The molecule has 0 fully saturated rings. The van der Waals surface area contributed by atoms with E-state index in [0.717, 1.165) is 38.8 Å². The maximum Gasteiger partial charge on any atom is 0.253 e. The Hall–Kier alpha value is -3.93. The van der Waals surface area contributed by atoms with Gasteiger partial charge < -0.3 is 4.57 Å². The van der Waals surface area contributed by atoms with E-state index in [1.807, 2.05) is 87.1 Å². The summed E-state index contributed by atoms with van der Waals surface area (Å²) in [5, 5.41) is 6.37. The molecule has 0 N–H and O–H groups in total. The molecule has 0 radical (unpaired) electrons. The first-order valence-corrected chi connectivity index (χ1v) is 10.6. The summed E-state index contributed by atoms with van der Waals surface area (Å²) in [6, 6.07) is 19.3. The van der Waals surface area contributed by atoms with Crippen LogP contribution in [0.4, 0.5) is 0 Å². The second-order valence-corrected chi connectivity index (χ2v) is 8.22. The SMILES string of the molecule is Cc1nn(C)c2c1c(-c1ccccc1)cc(=O)n2CC(=O)c1c(C)n(C)c2ccccc12. The third-order valence-electron chi connectivity index (χ3n) is 6.32. The first-order chi connectivity index (χ1) is 15.4. The highest BCUT2D eigenvalue weighted by Crippen LogP contribution is 2.30. The van der Waals surface area contributed by atoms with Crippen LogP contribution >= 0.6 is 0 Å². The molecule has 0 spiro atoms. The fourth-order valence-electron chi connectivity index (χ4n) is 4.74. The highest BCUT2D eigenvalue weighted by Gasteiger charge is 2.22. The molecule has 5 rings (SSSR count). The van der Waals surface area contributed by atoms with Crippen LogP contribution in [0.1, 0.15) is 21.7 Å². The van der Waals surface area contributed by atoms with Crippen LogP contribution in [0.2, 0.25) is 0 Å². The molecule has 0 aliphatic carbocycles. The number of carbonyl (C=O) groups excluding carboxylic acids is 1. The summed E-state index contributed by atoms with van der Waals surface area (Å²) in [5.74, 6) is -0.0889. The van der Waals surface area contributed by atoms with Gasteiger partial charge in [-0.3, -0.25) is 18.8 Å². The van der Waals surface area contributed by atoms with Crippen LogP contribution in [-0.4, -0.2) is 24.7 Å². The Bertz CT molecular complexity index is 1570. The molecule has 6 heteroatoms. The van der Waals surface area contributed by atoms with E-state index in [1.165, 1.54) is 0 Å². The van der Waals surface area contributed by atoms with Gasteiger partial charge in [0.05, 0.1) is 12.2 Å². The summed E-state index contributed by atoms with van der Waals surface area (Å²) < 4.78 is 5.26. The molecule has 0 aliphatic rings. The van der Waals surface area contributed by atoms with E-state index in [4.69, 9.17) is 0 Å². The number of hydrogen-bond acceptors (Lipinski definition) is 3. The number of rotatable bonds is 4. The third kappa shape index (κ3) is 2.91. The molecule has 2 aromatic carbocycles. The van der Waals surface area contributed by atoms with Gasteiger partial charge in [-0.25, -0.2) is 0 Å². The maximum absolute atomic E-state index is 13.5. The van der Waals surface area contributed by atoms with Crippen LogP contribution in [0.25, 0.3) is 33.1 Å². The highest BCUT2D eigenvalue weighted by molar-refractivity contribution is 6.09. The minimum absolute atomic E-state index is 0.0434. The lowest BCUT2D eigenvalue weighted by Crippen LogP contribution is -2.26. The Morgan fingerprint density at radius 1 is 0.969 bits per heavy atom. The summed E-state index contributed by atoms with van der Waals surface area (Å²) >= 11 is 0. The number of fused-ring (bicyclic) bond motifs is 2. The van der Waals surface area contributed by atoms with Crippen molar-refractivity contribution in [2.45, 2.75) is 20.4 Å². The monoisotopic (exact) mass is 424 g/mol. The van der Waals surface area contributed by atoms with Gasteiger partial charge in [-0.1, -0.05) is 48.5 Å². The van der Waals surface area contributed by atoms with Gasteiger partial charge in [0.25, 0.3) is 5.56 Å².